The molecule has 1 amide bonds. The number of carboxylic acids is 1. The second-order valence-corrected chi connectivity index (χ2v) is 6.76. The number of carboxylic acid groups (broad SMARTS) is 1. The SMILES string of the molecule is CCCCOc1ccc(C(=O)N2CCC(C(=O)O)C(C)C2)cc1OCC. The van der Waals surface area contributed by atoms with Crippen LogP contribution in [-0.4, -0.2) is 48.2 Å². The van der Waals surface area contributed by atoms with Gasteiger partial charge in [-0.25, -0.2) is 0 Å². The number of unbranched alkanes of at least 4 members (excludes halogenated alkanes) is 1. The Labute approximate surface area is 155 Å². The van der Waals surface area contributed by atoms with E-state index in [4.69, 9.17) is 9.47 Å². The second kappa shape index (κ2) is 9.46. The third kappa shape index (κ3) is 4.90. The Morgan fingerprint density at radius 2 is 2.00 bits per heavy atom. The minimum atomic E-state index is -0.781. The number of benzene rings is 1. The van der Waals surface area contributed by atoms with Gasteiger partial charge in [-0.15, -0.1) is 0 Å². The van der Waals surface area contributed by atoms with E-state index in [1.165, 1.54) is 0 Å². The van der Waals surface area contributed by atoms with Crippen molar-refractivity contribution >= 4 is 11.9 Å². The molecule has 0 radical (unpaired) electrons. The lowest BCUT2D eigenvalue weighted by Crippen LogP contribution is -2.45. The first kappa shape index (κ1) is 20.1. The molecule has 0 spiro atoms. The van der Waals surface area contributed by atoms with E-state index in [1.54, 1.807) is 23.1 Å². The zero-order valence-electron chi connectivity index (χ0n) is 15.9. The Balaban J connectivity index is 2.11. The molecule has 1 fully saturated rings. The average Bonchev–Trinajstić information content (AvgIpc) is 2.62. The highest BCUT2D eigenvalue weighted by Crippen LogP contribution is 2.30. The molecule has 6 nitrogen and oxygen atoms in total. The van der Waals surface area contributed by atoms with Crippen molar-refractivity contribution in [3.8, 4) is 11.5 Å². The van der Waals surface area contributed by atoms with Crippen LogP contribution in [0.1, 0.15) is 50.4 Å². The summed E-state index contributed by atoms with van der Waals surface area (Å²) >= 11 is 0. The summed E-state index contributed by atoms with van der Waals surface area (Å²) < 4.78 is 11.4. The van der Waals surface area contributed by atoms with E-state index in [9.17, 15) is 14.7 Å². The molecule has 1 aliphatic rings. The second-order valence-electron chi connectivity index (χ2n) is 6.76. The summed E-state index contributed by atoms with van der Waals surface area (Å²) in [6.07, 6.45) is 2.49. The summed E-state index contributed by atoms with van der Waals surface area (Å²) in [6, 6.07) is 5.25. The molecular weight excluding hydrogens is 334 g/mol. The van der Waals surface area contributed by atoms with Gasteiger partial charge in [0.05, 0.1) is 19.1 Å². The summed E-state index contributed by atoms with van der Waals surface area (Å²) in [5, 5.41) is 9.23. The Bertz CT molecular complexity index is 631. The number of carbonyl (C=O) groups excluding carboxylic acids is 1. The van der Waals surface area contributed by atoms with Gasteiger partial charge in [-0.1, -0.05) is 20.3 Å². The van der Waals surface area contributed by atoms with Crippen LogP contribution in [0.25, 0.3) is 0 Å². The van der Waals surface area contributed by atoms with Gasteiger partial charge < -0.3 is 19.5 Å². The van der Waals surface area contributed by atoms with Crippen LogP contribution in [-0.2, 0) is 4.79 Å². The van der Waals surface area contributed by atoms with Crippen LogP contribution in [0.4, 0.5) is 0 Å². The molecule has 1 aromatic carbocycles. The van der Waals surface area contributed by atoms with Crippen molar-refractivity contribution in [3.63, 3.8) is 0 Å². The zero-order chi connectivity index (χ0) is 19.1. The standard InChI is InChI=1S/C20H29NO5/c1-4-6-11-26-17-8-7-15(12-18(17)25-5-2)19(22)21-10-9-16(20(23)24)14(3)13-21/h7-8,12,14,16H,4-6,9-11,13H2,1-3H3,(H,23,24). The van der Waals surface area contributed by atoms with Crippen LogP contribution in [0.2, 0.25) is 0 Å². The summed E-state index contributed by atoms with van der Waals surface area (Å²) in [5.41, 5.74) is 0.539. The number of likely N-dealkylation sites (tertiary alicyclic amines) is 1. The number of amides is 1. The Morgan fingerprint density at radius 3 is 2.62 bits per heavy atom. The lowest BCUT2D eigenvalue weighted by atomic mass is 9.87. The predicted octanol–water partition coefficient (Wildman–Crippen LogP) is 3.45. The van der Waals surface area contributed by atoms with Crippen molar-refractivity contribution in [2.24, 2.45) is 11.8 Å². The average molecular weight is 363 g/mol. The lowest BCUT2D eigenvalue weighted by molar-refractivity contribution is -0.145. The molecule has 26 heavy (non-hydrogen) atoms. The molecule has 6 heteroatoms. The van der Waals surface area contributed by atoms with Gasteiger partial charge in [-0.2, -0.15) is 0 Å². The largest absolute Gasteiger partial charge is 0.490 e. The van der Waals surface area contributed by atoms with Crippen molar-refractivity contribution in [1.82, 2.24) is 4.90 Å². The van der Waals surface area contributed by atoms with Gasteiger partial charge in [0.2, 0.25) is 0 Å². The molecule has 0 aliphatic carbocycles. The van der Waals surface area contributed by atoms with Crippen molar-refractivity contribution in [2.75, 3.05) is 26.3 Å². The third-order valence-corrected chi connectivity index (χ3v) is 4.76. The number of nitrogens with zero attached hydrogens (tertiary/aromatic N) is 1. The van der Waals surface area contributed by atoms with Gasteiger partial charge in [0, 0.05) is 18.7 Å². The molecule has 2 rings (SSSR count). The Morgan fingerprint density at radius 1 is 1.23 bits per heavy atom. The molecule has 1 N–H and O–H groups in total. The first-order chi connectivity index (χ1) is 12.5. The number of hydrogen-bond donors (Lipinski definition) is 1. The molecule has 144 valence electrons. The summed E-state index contributed by atoms with van der Waals surface area (Å²) in [6.45, 7) is 7.89. The smallest absolute Gasteiger partial charge is 0.306 e. The Hall–Kier alpha value is -2.24. The molecule has 2 atom stereocenters. The third-order valence-electron chi connectivity index (χ3n) is 4.76. The van der Waals surface area contributed by atoms with Crippen LogP contribution in [0.3, 0.4) is 0 Å². The van der Waals surface area contributed by atoms with E-state index in [0.717, 1.165) is 12.8 Å². The maximum atomic E-state index is 12.8. The predicted molar refractivity (Wildman–Crippen MR) is 98.8 cm³/mol. The molecule has 0 saturated carbocycles. The van der Waals surface area contributed by atoms with Crippen LogP contribution in [0.15, 0.2) is 18.2 Å². The number of piperidine rings is 1. The highest BCUT2D eigenvalue weighted by Gasteiger charge is 2.33. The van der Waals surface area contributed by atoms with Crippen LogP contribution >= 0.6 is 0 Å². The van der Waals surface area contributed by atoms with Crippen LogP contribution in [0, 0.1) is 11.8 Å². The van der Waals surface area contributed by atoms with Gasteiger partial charge in [0.25, 0.3) is 5.91 Å². The molecule has 1 saturated heterocycles. The minimum absolute atomic E-state index is 0.0618. The van der Waals surface area contributed by atoms with E-state index in [2.05, 4.69) is 6.92 Å². The van der Waals surface area contributed by atoms with Gasteiger partial charge in [0.1, 0.15) is 0 Å². The van der Waals surface area contributed by atoms with E-state index >= 15 is 0 Å². The number of hydrogen-bond acceptors (Lipinski definition) is 4. The molecule has 1 aliphatic heterocycles. The molecule has 0 aromatic heterocycles. The fourth-order valence-corrected chi connectivity index (χ4v) is 3.23. The number of carbonyl (C=O) groups is 2. The maximum absolute atomic E-state index is 12.8. The fourth-order valence-electron chi connectivity index (χ4n) is 3.23. The van der Waals surface area contributed by atoms with Gasteiger partial charge >= 0.3 is 5.97 Å². The first-order valence-corrected chi connectivity index (χ1v) is 9.39. The van der Waals surface area contributed by atoms with Gasteiger partial charge in [0.15, 0.2) is 11.5 Å². The topological polar surface area (TPSA) is 76.1 Å². The number of ether oxygens (including phenoxy) is 2. The van der Waals surface area contributed by atoms with E-state index in [-0.39, 0.29) is 17.7 Å². The zero-order valence-corrected chi connectivity index (χ0v) is 15.9. The first-order valence-electron chi connectivity index (χ1n) is 9.39. The summed E-state index contributed by atoms with van der Waals surface area (Å²) in [4.78, 5) is 25.8. The lowest BCUT2D eigenvalue weighted by Gasteiger charge is -2.35. The normalized spacial score (nSPS) is 19.9. The number of rotatable bonds is 8. The monoisotopic (exact) mass is 363 g/mol. The summed E-state index contributed by atoms with van der Waals surface area (Å²) in [5.74, 6) is -0.100. The minimum Gasteiger partial charge on any atom is -0.490 e. The van der Waals surface area contributed by atoms with Crippen LogP contribution in [0.5, 0.6) is 11.5 Å². The van der Waals surface area contributed by atoms with E-state index in [1.807, 2.05) is 13.8 Å². The maximum Gasteiger partial charge on any atom is 0.306 e. The summed E-state index contributed by atoms with van der Waals surface area (Å²) in [7, 11) is 0. The number of aliphatic carboxylic acids is 1. The van der Waals surface area contributed by atoms with Crippen molar-refractivity contribution in [2.45, 2.75) is 40.0 Å². The van der Waals surface area contributed by atoms with E-state index < -0.39 is 5.97 Å². The highest BCUT2D eigenvalue weighted by molar-refractivity contribution is 5.95. The van der Waals surface area contributed by atoms with Crippen molar-refractivity contribution < 1.29 is 24.2 Å². The quantitative estimate of drug-likeness (QED) is 0.716. The molecule has 1 heterocycles. The van der Waals surface area contributed by atoms with Crippen LogP contribution < -0.4 is 9.47 Å². The molecule has 2 unspecified atom stereocenters. The molecule has 1 aromatic rings. The van der Waals surface area contributed by atoms with Crippen molar-refractivity contribution in [3.05, 3.63) is 23.8 Å². The van der Waals surface area contributed by atoms with Crippen molar-refractivity contribution in [1.29, 1.82) is 0 Å². The van der Waals surface area contributed by atoms with Gasteiger partial charge in [-0.05, 0) is 43.9 Å². The molecular formula is C20H29NO5. The fraction of sp³-hybridized carbons (Fsp3) is 0.600. The molecule has 0 bridgehead atoms. The highest BCUT2D eigenvalue weighted by atomic mass is 16.5. The van der Waals surface area contributed by atoms with Gasteiger partial charge in [-0.3, -0.25) is 9.59 Å². The van der Waals surface area contributed by atoms with E-state index in [0.29, 0.717) is 49.8 Å². The Kier molecular flexibility index (Phi) is 7.30.